The molecule has 4 rings (SSSR count). The van der Waals surface area contributed by atoms with Crippen LogP contribution in [0.3, 0.4) is 0 Å². The van der Waals surface area contributed by atoms with Gasteiger partial charge in [0.25, 0.3) is 0 Å². The van der Waals surface area contributed by atoms with Crippen LogP contribution in [0.25, 0.3) is 0 Å². The molecule has 6 unspecified atom stereocenters. The van der Waals surface area contributed by atoms with Crippen LogP contribution in [0, 0.1) is 11.8 Å². The van der Waals surface area contributed by atoms with Crippen LogP contribution < -0.4 is 0 Å². The first-order valence-corrected chi connectivity index (χ1v) is 15.9. The van der Waals surface area contributed by atoms with Crippen LogP contribution in [0.15, 0.2) is 0 Å². The zero-order valence-corrected chi connectivity index (χ0v) is 24.1. The summed E-state index contributed by atoms with van der Waals surface area (Å²) < 4.78 is 13.9. The van der Waals surface area contributed by atoms with Crippen LogP contribution >= 0.6 is 0 Å². The predicted molar refractivity (Wildman–Crippen MR) is 147 cm³/mol. The average molecular weight is 521 g/mol. The van der Waals surface area contributed by atoms with Gasteiger partial charge in [-0.25, -0.2) is 0 Å². The molecule has 0 aromatic carbocycles. The molecule has 0 aliphatic carbocycles. The molecule has 4 aliphatic heterocycles. The van der Waals surface area contributed by atoms with E-state index >= 15 is 0 Å². The molecule has 6 atom stereocenters. The van der Waals surface area contributed by atoms with Gasteiger partial charge in [-0.1, -0.05) is 19.3 Å². The molecule has 4 aliphatic rings. The molecule has 212 valence electrons. The van der Waals surface area contributed by atoms with Gasteiger partial charge in [0.05, 0.1) is 65.6 Å². The lowest BCUT2D eigenvalue weighted by atomic mass is 9.82. The van der Waals surface area contributed by atoms with Gasteiger partial charge in [-0.3, -0.25) is 9.59 Å². The lowest BCUT2D eigenvalue weighted by molar-refractivity contribution is -0.947. The first-order chi connectivity index (χ1) is 17.9. The van der Waals surface area contributed by atoms with Gasteiger partial charge in [0.15, 0.2) is 0 Å². The summed E-state index contributed by atoms with van der Waals surface area (Å²) in [6, 6.07) is 1.38. The summed E-state index contributed by atoms with van der Waals surface area (Å²) in [6.07, 6.45) is 18.9. The number of piperidine rings is 4. The van der Waals surface area contributed by atoms with Crippen molar-refractivity contribution in [2.75, 3.05) is 53.5 Å². The number of ether oxygens (including phenoxy) is 2. The number of hydrogen-bond donors (Lipinski definition) is 0. The van der Waals surface area contributed by atoms with Crippen molar-refractivity contribution in [2.24, 2.45) is 11.8 Å². The van der Waals surface area contributed by atoms with E-state index in [1.807, 2.05) is 0 Å². The number of fused-ring (bicyclic) bond motifs is 2. The number of quaternary nitrogens is 2. The molecule has 0 saturated carbocycles. The summed E-state index contributed by atoms with van der Waals surface area (Å²) in [5, 5.41) is 0. The van der Waals surface area contributed by atoms with E-state index in [2.05, 4.69) is 14.1 Å². The highest BCUT2D eigenvalue weighted by atomic mass is 16.5. The maximum absolute atomic E-state index is 12.3. The van der Waals surface area contributed by atoms with E-state index in [0.29, 0.717) is 50.0 Å². The molecule has 0 aromatic rings. The van der Waals surface area contributed by atoms with Crippen molar-refractivity contribution in [3.8, 4) is 0 Å². The highest BCUT2D eigenvalue weighted by molar-refractivity contribution is 5.69. The molecular weight excluding hydrogens is 464 g/mol. The molecule has 6 heteroatoms. The molecular formula is C31H56N2O4+2. The van der Waals surface area contributed by atoms with Crippen LogP contribution in [-0.4, -0.2) is 86.5 Å². The zero-order chi connectivity index (χ0) is 26.1. The van der Waals surface area contributed by atoms with Crippen LogP contribution in [0.1, 0.15) is 109 Å². The van der Waals surface area contributed by atoms with E-state index in [1.54, 1.807) is 0 Å². The lowest BCUT2D eigenvalue weighted by Crippen LogP contribution is -2.61. The Labute approximate surface area is 226 Å². The average Bonchev–Trinajstić information content (AvgIpc) is 2.89. The van der Waals surface area contributed by atoms with Gasteiger partial charge in [0.1, 0.15) is 0 Å². The summed E-state index contributed by atoms with van der Waals surface area (Å²) in [5.74, 6) is 1.06. The second-order valence-corrected chi connectivity index (χ2v) is 13.4. The van der Waals surface area contributed by atoms with Gasteiger partial charge in [-0.05, 0) is 64.2 Å². The monoisotopic (exact) mass is 520 g/mol. The molecule has 0 amide bonds. The van der Waals surface area contributed by atoms with Gasteiger partial charge in [0, 0.05) is 37.5 Å². The minimum Gasteiger partial charge on any atom is -0.465 e. The third-order valence-corrected chi connectivity index (χ3v) is 10.7. The van der Waals surface area contributed by atoms with Crippen molar-refractivity contribution in [3.63, 3.8) is 0 Å². The number of carbonyl (C=O) groups excluding carboxylic acids is 2. The topological polar surface area (TPSA) is 52.6 Å². The smallest absolute Gasteiger partial charge is 0.305 e. The Bertz CT molecular complexity index is 677. The van der Waals surface area contributed by atoms with Gasteiger partial charge < -0.3 is 18.4 Å². The number of esters is 2. The van der Waals surface area contributed by atoms with Crippen LogP contribution in [-0.2, 0) is 19.1 Å². The second-order valence-electron chi connectivity index (χ2n) is 13.4. The second kappa shape index (κ2) is 13.8. The zero-order valence-electron chi connectivity index (χ0n) is 24.1. The van der Waals surface area contributed by atoms with Gasteiger partial charge in [-0.2, -0.15) is 0 Å². The third-order valence-electron chi connectivity index (χ3n) is 10.7. The highest BCUT2D eigenvalue weighted by Gasteiger charge is 2.45. The summed E-state index contributed by atoms with van der Waals surface area (Å²) >= 11 is 0. The fourth-order valence-corrected chi connectivity index (χ4v) is 8.47. The summed E-state index contributed by atoms with van der Waals surface area (Å²) in [5.41, 5.74) is 0. The largest absolute Gasteiger partial charge is 0.465 e. The Hall–Kier alpha value is -1.14. The molecule has 4 fully saturated rings. The Morgan fingerprint density at radius 3 is 1.43 bits per heavy atom. The fraction of sp³-hybridized carbons (Fsp3) is 0.935. The van der Waals surface area contributed by atoms with Gasteiger partial charge in [0.2, 0.25) is 0 Å². The number of unbranched alkanes of at least 4 members (excludes halogenated alkanes) is 4. The Morgan fingerprint density at radius 2 is 0.973 bits per heavy atom. The summed E-state index contributed by atoms with van der Waals surface area (Å²) in [6.45, 7) is 6.44. The molecule has 0 N–H and O–H groups in total. The lowest BCUT2D eigenvalue weighted by Gasteiger charge is -2.51. The normalized spacial score (nSPS) is 35.7. The van der Waals surface area contributed by atoms with E-state index in [-0.39, 0.29) is 11.9 Å². The molecule has 37 heavy (non-hydrogen) atoms. The SMILES string of the molecule is C[N+]12CCCCC1C(COC(=O)CCCCCCCC(=O)OCC1CCC[N+]3(C)CCCCC13)CCC2. The van der Waals surface area contributed by atoms with Crippen molar-refractivity contribution in [1.82, 2.24) is 0 Å². The van der Waals surface area contributed by atoms with Crippen molar-refractivity contribution in [3.05, 3.63) is 0 Å². The van der Waals surface area contributed by atoms with Gasteiger partial charge >= 0.3 is 11.9 Å². The van der Waals surface area contributed by atoms with Crippen LogP contribution in [0.4, 0.5) is 0 Å². The Balaban J connectivity index is 1.01. The van der Waals surface area contributed by atoms with Crippen molar-refractivity contribution >= 4 is 11.9 Å². The van der Waals surface area contributed by atoms with E-state index in [4.69, 9.17) is 9.47 Å². The minimum absolute atomic E-state index is 0.0189. The summed E-state index contributed by atoms with van der Waals surface area (Å²) in [7, 11) is 4.83. The number of nitrogens with zero attached hydrogens (tertiary/aromatic N) is 2. The molecule has 6 nitrogen and oxygen atoms in total. The molecule has 0 aromatic heterocycles. The van der Waals surface area contributed by atoms with Crippen molar-refractivity contribution in [1.29, 1.82) is 0 Å². The van der Waals surface area contributed by atoms with Gasteiger partial charge in [-0.15, -0.1) is 0 Å². The third kappa shape index (κ3) is 7.94. The Kier molecular flexibility index (Phi) is 10.7. The molecule has 4 heterocycles. The number of carbonyl (C=O) groups is 2. The number of rotatable bonds is 12. The Morgan fingerprint density at radius 1 is 0.568 bits per heavy atom. The molecule has 0 spiro atoms. The minimum atomic E-state index is -0.0189. The molecule has 0 bridgehead atoms. The van der Waals surface area contributed by atoms with E-state index in [0.717, 1.165) is 32.1 Å². The van der Waals surface area contributed by atoms with E-state index < -0.39 is 0 Å². The maximum Gasteiger partial charge on any atom is 0.305 e. The first kappa shape index (κ1) is 28.9. The van der Waals surface area contributed by atoms with Crippen LogP contribution in [0.5, 0.6) is 0 Å². The highest BCUT2D eigenvalue weighted by Crippen LogP contribution is 2.37. The first-order valence-electron chi connectivity index (χ1n) is 15.9. The van der Waals surface area contributed by atoms with Crippen LogP contribution in [0.2, 0.25) is 0 Å². The summed E-state index contributed by atoms with van der Waals surface area (Å²) in [4.78, 5) is 24.6. The predicted octanol–water partition coefficient (Wildman–Crippen LogP) is 5.62. The standard InChI is InChI=1S/C31H56N2O4/c1-32-20-10-8-16-28(32)26(14-12-22-32)24-36-30(34)18-6-4-3-5-7-19-31(35)37-25-27-15-13-23-33(2)21-11-9-17-29(27)33/h26-29H,3-25H2,1-2H3/q+2. The van der Waals surface area contributed by atoms with Crippen molar-refractivity contribution < 1.29 is 28.0 Å². The molecule has 0 radical (unpaired) electrons. The van der Waals surface area contributed by atoms with E-state index in [9.17, 15) is 9.59 Å². The maximum atomic E-state index is 12.3. The van der Waals surface area contributed by atoms with Crippen molar-refractivity contribution in [2.45, 2.75) is 121 Å². The van der Waals surface area contributed by atoms with E-state index in [1.165, 1.54) is 99.4 Å². The number of hydrogen-bond acceptors (Lipinski definition) is 4. The molecule has 4 saturated heterocycles. The fourth-order valence-electron chi connectivity index (χ4n) is 8.47. The quantitative estimate of drug-likeness (QED) is 0.190.